The van der Waals surface area contributed by atoms with Crippen LogP contribution in [-0.2, 0) is 26.0 Å². The number of hydrogen-bond acceptors (Lipinski definition) is 5. The van der Waals surface area contributed by atoms with Crippen LogP contribution < -0.4 is 5.32 Å². The summed E-state index contributed by atoms with van der Waals surface area (Å²) in [6.07, 6.45) is -0.223. The molecule has 0 aliphatic heterocycles. The summed E-state index contributed by atoms with van der Waals surface area (Å²) < 4.78 is 25.1. The molecule has 0 spiro atoms. The van der Waals surface area contributed by atoms with Crippen molar-refractivity contribution in [3.8, 4) is 0 Å². The van der Waals surface area contributed by atoms with Gasteiger partial charge in [0.2, 0.25) is 5.91 Å². The number of rotatable bonds is 6. The Morgan fingerprint density at radius 2 is 2.05 bits per heavy atom. The number of sulfonamides is 1. The van der Waals surface area contributed by atoms with E-state index in [9.17, 15) is 18.0 Å². The number of hydrogen-bond donors (Lipinski definition) is 2. The van der Waals surface area contributed by atoms with Crippen molar-refractivity contribution in [1.82, 2.24) is 9.62 Å². The maximum absolute atomic E-state index is 12.1. The summed E-state index contributed by atoms with van der Waals surface area (Å²) in [4.78, 5) is 22.1. The van der Waals surface area contributed by atoms with E-state index in [1.807, 2.05) is 0 Å². The minimum atomic E-state index is -3.76. The van der Waals surface area contributed by atoms with Gasteiger partial charge in [-0.15, -0.1) is 11.3 Å². The van der Waals surface area contributed by atoms with Gasteiger partial charge in [0.25, 0.3) is 10.0 Å². The molecular formula is C10H14N2O5S2. The highest BCUT2D eigenvalue weighted by Gasteiger charge is 2.24. The van der Waals surface area contributed by atoms with E-state index in [-0.39, 0.29) is 17.2 Å². The molecule has 0 aliphatic carbocycles. The van der Waals surface area contributed by atoms with Gasteiger partial charge >= 0.3 is 5.97 Å². The van der Waals surface area contributed by atoms with Crippen molar-refractivity contribution in [1.29, 1.82) is 0 Å². The van der Waals surface area contributed by atoms with Crippen LogP contribution in [0.2, 0.25) is 0 Å². The molecule has 2 N–H and O–H groups in total. The Kier molecular flexibility index (Phi) is 5.04. The van der Waals surface area contributed by atoms with Crippen LogP contribution in [0.1, 0.15) is 4.88 Å². The molecule has 1 aromatic heterocycles. The molecule has 0 fully saturated rings. The molecule has 0 bridgehead atoms. The summed E-state index contributed by atoms with van der Waals surface area (Å²) in [5, 5.41) is 11.0. The molecule has 0 radical (unpaired) electrons. The maximum atomic E-state index is 12.1. The van der Waals surface area contributed by atoms with E-state index in [4.69, 9.17) is 5.11 Å². The number of thiophene rings is 1. The van der Waals surface area contributed by atoms with Gasteiger partial charge in [0, 0.05) is 19.0 Å². The Bertz CT molecular complexity index is 578. The van der Waals surface area contributed by atoms with E-state index in [1.165, 1.54) is 26.2 Å². The Morgan fingerprint density at radius 3 is 2.58 bits per heavy atom. The number of carbonyl (C=O) groups excluding carboxylic acids is 1. The minimum Gasteiger partial charge on any atom is -0.481 e. The average molecular weight is 306 g/mol. The topological polar surface area (TPSA) is 104 Å². The van der Waals surface area contributed by atoms with E-state index < -0.39 is 21.9 Å². The summed E-state index contributed by atoms with van der Waals surface area (Å²) in [7, 11) is -1.05. The summed E-state index contributed by atoms with van der Waals surface area (Å²) in [5.41, 5.74) is 0. The third-order valence-electron chi connectivity index (χ3n) is 2.27. The van der Waals surface area contributed by atoms with Crippen LogP contribution in [0.4, 0.5) is 0 Å². The van der Waals surface area contributed by atoms with Crippen LogP contribution in [0.3, 0.4) is 0 Å². The number of nitrogens with zero attached hydrogens (tertiary/aromatic N) is 1. The van der Waals surface area contributed by atoms with Crippen molar-refractivity contribution in [2.45, 2.75) is 10.6 Å². The fourth-order valence-electron chi connectivity index (χ4n) is 1.26. The van der Waals surface area contributed by atoms with E-state index >= 15 is 0 Å². The zero-order valence-electron chi connectivity index (χ0n) is 10.4. The highest BCUT2D eigenvalue weighted by Crippen LogP contribution is 2.24. The lowest BCUT2D eigenvalue weighted by Gasteiger charge is -2.14. The third-order valence-corrected chi connectivity index (χ3v) is 5.63. The van der Waals surface area contributed by atoms with Crippen LogP contribution in [0.15, 0.2) is 16.3 Å². The quantitative estimate of drug-likeness (QED) is 0.753. The zero-order valence-corrected chi connectivity index (χ0v) is 12.0. The minimum absolute atomic E-state index is 0.0233. The summed E-state index contributed by atoms with van der Waals surface area (Å²) >= 11 is 0.889. The van der Waals surface area contributed by atoms with E-state index in [1.54, 1.807) is 0 Å². The molecule has 0 saturated carbocycles. The Morgan fingerprint density at radius 1 is 1.42 bits per heavy atom. The molecule has 0 aromatic carbocycles. The number of amides is 1. The molecule has 0 aliphatic rings. The van der Waals surface area contributed by atoms with Crippen LogP contribution in [0, 0.1) is 0 Å². The summed E-state index contributed by atoms with van der Waals surface area (Å²) in [5.74, 6) is -1.45. The van der Waals surface area contributed by atoms with Crippen molar-refractivity contribution >= 4 is 33.2 Å². The third kappa shape index (κ3) is 4.01. The molecule has 1 amide bonds. The van der Waals surface area contributed by atoms with Crippen LogP contribution in [-0.4, -0.2) is 50.3 Å². The highest BCUT2D eigenvalue weighted by atomic mass is 32.2. The Labute approximate surface area is 114 Å². The molecule has 7 nitrogen and oxygen atoms in total. The molecule has 0 atom stereocenters. The largest absolute Gasteiger partial charge is 0.481 e. The lowest BCUT2D eigenvalue weighted by molar-refractivity contribution is -0.136. The first kappa shape index (κ1) is 15.6. The van der Waals surface area contributed by atoms with Gasteiger partial charge in [-0.05, 0) is 12.1 Å². The predicted octanol–water partition coefficient (Wildman–Crippen LogP) is -0.258. The second kappa shape index (κ2) is 6.13. The fourth-order valence-corrected chi connectivity index (χ4v) is 3.95. The zero-order chi connectivity index (χ0) is 14.6. The molecule has 106 valence electrons. The van der Waals surface area contributed by atoms with E-state index in [0.717, 1.165) is 15.6 Å². The van der Waals surface area contributed by atoms with Gasteiger partial charge in [0.15, 0.2) is 0 Å². The Balaban J connectivity index is 2.90. The van der Waals surface area contributed by atoms with E-state index in [2.05, 4.69) is 5.32 Å². The van der Waals surface area contributed by atoms with Crippen LogP contribution >= 0.6 is 11.3 Å². The molecular weight excluding hydrogens is 292 g/mol. The second-order valence-electron chi connectivity index (χ2n) is 3.73. The van der Waals surface area contributed by atoms with Crippen LogP contribution in [0.5, 0.6) is 0 Å². The maximum Gasteiger partial charge on any atom is 0.308 e. The number of nitrogens with one attached hydrogen (secondary N) is 1. The molecule has 1 heterocycles. The molecule has 1 aromatic rings. The van der Waals surface area contributed by atoms with Crippen molar-refractivity contribution in [2.24, 2.45) is 0 Å². The predicted molar refractivity (Wildman–Crippen MR) is 69.5 cm³/mol. The van der Waals surface area contributed by atoms with E-state index in [0.29, 0.717) is 4.88 Å². The van der Waals surface area contributed by atoms with Gasteiger partial charge in [0.1, 0.15) is 4.21 Å². The number of carboxylic acid groups (broad SMARTS) is 1. The van der Waals surface area contributed by atoms with Gasteiger partial charge in [-0.2, -0.15) is 4.31 Å². The first-order valence-corrected chi connectivity index (χ1v) is 7.50. The van der Waals surface area contributed by atoms with Gasteiger partial charge in [-0.25, -0.2) is 8.42 Å². The standard InChI is InChI=1S/C10H14N2O5S2/c1-11-8(13)6-12(2)19(16,17)10-4-3-7(18-10)5-9(14)15/h3-4H,5-6H2,1-2H3,(H,11,13)(H,14,15). The van der Waals surface area contributed by atoms with Gasteiger partial charge in [0.05, 0.1) is 13.0 Å². The molecule has 19 heavy (non-hydrogen) atoms. The van der Waals surface area contributed by atoms with Gasteiger partial charge in [-0.3, -0.25) is 9.59 Å². The first-order valence-electron chi connectivity index (χ1n) is 5.24. The highest BCUT2D eigenvalue weighted by molar-refractivity contribution is 7.91. The first-order chi connectivity index (χ1) is 8.77. The number of likely N-dealkylation sites (N-methyl/N-ethyl adjacent to an activating group) is 2. The molecule has 0 saturated heterocycles. The Hall–Kier alpha value is -1.45. The van der Waals surface area contributed by atoms with Crippen molar-refractivity contribution < 1.29 is 23.1 Å². The monoisotopic (exact) mass is 306 g/mol. The lowest BCUT2D eigenvalue weighted by Crippen LogP contribution is -2.36. The van der Waals surface area contributed by atoms with Crippen molar-refractivity contribution in [3.63, 3.8) is 0 Å². The fraction of sp³-hybridized carbons (Fsp3) is 0.400. The van der Waals surface area contributed by atoms with Gasteiger partial charge in [-0.1, -0.05) is 0 Å². The molecule has 1 rings (SSSR count). The molecule has 9 heteroatoms. The van der Waals surface area contributed by atoms with Crippen molar-refractivity contribution in [3.05, 3.63) is 17.0 Å². The lowest BCUT2D eigenvalue weighted by atomic mass is 10.3. The normalized spacial score (nSPS) is 11.5. The summed E-state index contributed by atoms with van der Waals surface area (Å²) in [6, 6.07) is 2.80. The summed E-state index contributed by atoms with van der Waals surface area (Å²) in [6.45, 7) is -0.287. The number of carbonyl (C=O) groups is 2. The van der Waals surface area contributed by atoms with Crippen molar-refractivity contribution in [2.75, 3.05) is 20.6 Å². The number of aliphatic carboxylic acids is 1. The number of carboxylic acids is 1. The van der Waals surface area contributed by atoms with Gasteiger partial charge < -0.3 is 10.4 Å². The molecule has 0 unspecified atom stereocenters. The van der Waals surface area contributed by atoms with Crippen LogP contribution in [0.25, 0.3) is 0 Å². The SMILES string of the molecule is CNC(=O)CN(C)S(=O)(=O)c1ccc(CC(=O)O)s1. The average Bonchev–Trinajstić information content (AvgIpc) is 2.76. The second-order valence-corrected chi connectivity index (χ2v) is 7.17. The smallest absolute Gasteiger partial charge is 0.308 e.